The lowest BCUT2D eigenvalue weighted by molar-refractivity contribution is 0.244. The Morgan fingerprint density at radius 3 is 2.43 bits per heavy atom. The third-order valence-corrected chi connectivity index (χ3v) is 3.35. The predicted molar refractivity (Wildman–Crippen MR) is 53.8 cm³/mol. The van der Waals surface area contributed by atoms with Crippen molar-refractivity contribution in [3.8, 4) is 0 Å². The van der Waals surface area contributed by atoms with Crippen LogP contribution in [0, 0.1) is 11.6 Å². The van der Waals surface area contributed by atoms with Gasteiger partial charge in [0.1, 0.15) is 11.6 Å². The number of hydrogen-bond acceptors (Lipinski definition) is 1. The lowest BCUT2D eigenvalue weighted by atomic mass is 9.72. The average Bonchev–Trinajstić information content (AvgIpc) is 2.07. The molecule has 0 saturated heterocycles. The van der Waals surface area contributed by atoms with E-state index in [1.807, 2.05) is 0 Å². The maximum absolute atomic E-state index is 13.6. The van der Waals surface area contributed by atoms with Gasteiger partial charge in [-0.25, -0.2) is 8.78 Å². The van der Waals surface area contributed by atoms with E-state index < -0.39 is 17.2 Å². The Balaban J connectivity index is 2.51. The summed E-state index contributed by atoms with van der Waals surface area (Å²) in [4.78, 5) is 0. The third kappa shape index (κ3) is 1.46. The Hall–Kier alpha value is -0.480. The lowest BCUT2D eigenvalue weighted by Crippen LogP contribution is -2.44. The van der Waals surface area contributed by atoms with Crippen molar-refractivity contribution in [3.63, 3.8) is 0 Å². The molecule has 14 heavy (non-hydrogen) atoms. The zero-order valence-corrected chi connectivity index (χ0v) is 9.07. The number of halogens is 3. The summed E-state index contributed by atoms with van der Waals surface area (Å²) in [5.74, 6) is -0.890. The highest BCUT2D eigenvalue weighted by Crippen LogP contribution is 2.41. The van der Waals surface area contributed by atoms with Crippen molar-refractivity contribution in [1.29, 1.82) is 0 Å². The van der Waals surface area contributed by atoms with Crippen molar-refractivity contribution >= 4 is 15.9 Å². The van der Waals surface area contributed by atoms with E-state index in [0.29, 0.717) is 0 Å². The minimum atomic E-state index is -0.658. The van der Waals surface area contributed by atoms with E-state index in [1.54, 1.807) is 0 Å². The fourth-order valence-corrected chi connectivity index (χ4v) is 2.18. The Kier molecular flexibility index (Phi) is 2.35. The molecular weight excluding hydrogens is 252 g/mol. The molecule has 0 bridgehead atoms. The summed E-state index contributed by atoms with van der Waals surface area (Å²) >= 11 is 2.97. The molecule has 1 nitrogen and oxygen atoms in total. The van der Waals surface area contributed by atoms with E-state index in [2.05, 4.69) is 15.9 Å². The van der Waals surface area contributed by atoms with Crippen molar-refractivity contribution < 1.29 is 8.78 Å². The van der Waals surface area contributed by atoms with Gasteiger partial charge in [0, 0.05) is 11.1 Å². The smallest absolute Gasteiger partial charge is 0.142 e. The maximum Gasteiger partial charge on any atom is 0.142 e. The average molecular weight is 262 g/mol. The van der Waals surface area contributed by atoms with Gasteiger partial charge in [-0.1, -0.05) is 0 Å². The molecule has 0 spiro atoms. The summed E-state index contributed by atoms with van der Waals surface area (Å²) in [6.07, 6.45) is 2.42. The zero-order chi connectivity index (χ0) is 10.3. The highest BCUT2D eigenvalue weighted by Gasteiger charge is 2.37. The normalized spacial score (nSPS) is 19.1. The molecule has 0 aliphatic heterocycles. The molecule has 2 N–H and O–H groups in total. The molecule has 1 aliphatic rings. The number of rotatable bonds is 1. The number of benzene rings is 1. The highest BCUT2D eigenvalue weighted by molar-refractivity contribution is 9.10. The summed E-state index contributed by atoms with van der Waals surface area (Å²) in [5.41, 5.74) is 5.56. The molecule has 1 saturated carbocycles. The van der Waals surface area contributed by atoms with Crippen molar-refractivity contribution in [2.75, 3.05) is 0 Å². The van der Waals surface area contributed by atoms with Crippen LogP contribution < -0.4 is 5.73 Å². The molecule has 1 aliphatic carbocycles. The summed E-state index contributed by atoms with van der Waals surface area (Å²) in [5, 5.41) is 0. The minimum Gasteiger partial charge on any atom is -0.321 e. The van der Waals surface area contributed by atoms with E-state index in [9.17, 15) is 8.78 Å². The molecule has 0 aromatic heterocycles. The minimum absolute atomic E-state index is 0.143. The molecule has 1 aromatic rings. The van der Waals surface area contributed by atoms with E-state index in [-0.39, 0.29) is 10.0 Å². The Morgan fingerprint density at radius 1 is 1.29 bits per heavy atom. The van der Waals surface area contributed by atoms with Gasteiger partial charge in [-0.15, -0.1) is 0 Å². The highest BCUT2D eigenvalue weighted by atomic mass is 79.9. The largest absolute Gasteiger partial charge is 0.321 e. The predicted octanol–water partition coefficient (Wildman–Crippen LogP) is 3.07. The molecule has 2 rings (SSSR count). The van der Waals surface area contributed by atoms with E-state index in [4.69, 9.17) is 5.73 Å². The maximum atomic E-state index is 13.6. The number of nitrogens with two attached hydrogens (primary N) is 1. The van der Waals surface area contributed by atoms with Gasteiger partial charge in [0.2, 0.25) is 0 Å². The van der Waals surface area contributed by atoms with Crippen molar-refractivity contribution in [3.05, 3.63) is 33.8 Å². The molecule has 0 heterocycles. The van der Waals surface area contributed by atoms with Crippen LogP contribution in [0.3, 0.4) is 0 Å². The van der Waals surface area contributed by atoms with Crippen LogP contribution in [-0.2, 0) is 5.54 Å². The van der Waals surface area contributed by atoms with Crippen LogP contribution >= 0.6 is 15.9 Å². The van der Waals surface area contributed by atoms with Crippen molar-refractivity contribution in [2.45, 2.75) is 24.8 Å². The van der Waals surface area contributed by atoms with Gasteiger partial charge in [0.05, 0.1) is 4.47 Å². The molecule has 0 atom stereocenters. The second kappa shape index (κ2) is 3.28. The molecule has 1 fully saturated rings. The van der Waals surface area contributed by atoms with Crippen molar-refractivity contribution in [1.82, 2.24) is 0 Å². The van der Waals surface area contributed by atoms with E-state index in [0.717, 1.165) is 25.3 Å². The summed E-state index contributed by atoms with van der Waals surface area (Å²) in [6.45, 7) is 0. The molecule has 4 heteroatoms. The molecule has 0 radical (unpaired) electrons. The van der Waals surface area contributed by atoms with Crippen LogP contribution in [0.5, 0.6) is 0 Å². The van der Waals surface area contributed by atoms with Crippen LogP contribution in [0.1, 0.15) is 24.8 Å². The third-order valence-electron chi connectivity index (χ3n) is 2.78. The van der Waals surface area contributed by atoms with Crippen LogP contribution in [0.4, 0.5) is 8.78 Å². The van der Waals surface area contributed by atoms with Gasteiger partial charge in [-0.05, 0) is 47.3 Å². The fourth-order valence-electron chi connectivity index (χ4n) is 1.75. The summed E-state index contributed by atoms with van der Waals surface area (Å²) in [7, 11) is 0. The van der Waals surface area contributed by atoms with Gasteiger partial charge in [-0.3, -0.25) is 0 Å². The Morgan fingerprint density at radius 2 is 1.93 bits per heavy atom. The topological polar surface area (TPSA) is 26.0 Å². The quantitative estimate of drug-likeness (QED) is 0.773. The zero-order valence-electron chi connectivity index (χ0n) is 7.49. The van der Waals surface area contributed by atoms with Gasteiger partial charge in [0.15, 0.2) is 0 Å². The van der Waals surface area contributed by atoms with E-state index >= 15 is 0 Å². The standard InChI is InChI=1S/C10H10BrF2N/c11-8-5-6(12)4-7(9(8)13)10(14)2-1-3-10/h4-5H,1-3,14H2. The monoisotopic (exact) mass is 261 g/mol. The first-order valence-corrected chi connectivity index (χ1v) is 5.26. The van der Waals surface area contributed by atoms with Crippen LogP contribution in [-0.4, -0.2) is 0 Å². The Labute approximate surface area is 89.4 Å². The second-order valence-corrected chi connectivity index (χ2v) is 4.61. The van der Waals surface area contributed by atoms with Crippen LogP contribution in [0.15, 0.2) is 16.6 Å². The first kappa shape index (κ1) is 10.1. The van der Waals surface area contributed by atoms with Gasteiger partial charge in [0.25, 0.3) is 0 Å². The first-order chi connectivity index (χ1) is 6.53. The first-order valence-electron chi connectivity index (χ1n) is 4.47. The number of hydrogen-bond donors (Lipinski definition) is 1. The van der Waals surface area contributed by atoms with Gasteiger partial charge < -0.3 is 5.73 Å². The molecule has 76 valence electrons. The molecule has 0 unspecified atom stereocenters. The van der Waals surface area contributed by atoms with Crippen LogP contribution in [0.2, 0.25) is 0 Å². The SMILES string of the molecule is NC1(c2cc(F)cc(Br)c2F)CCC1. The summed E-state index contributed by atoms with van der Waals surface area (Å²) in [6, 6.07) is 2.31. The van der Waals surface area contributed by atoms with Crippen LogP contribution in [0.25, 0.3) is 0 Å². The summed E-state index contributed by atoms with van der Waals surface area (Å²) < 4.78 is 26.8. The fraction of sp³-hybridized carbons (Fsp3) is 0.400. The molecular formula is C10H10BrF2N. The second-order valence-electron chi connectivity index (χ2n) is 3.76. The molecule has 1 aromatic carbocycles. The Bertz CT molecular complexity index is 375. The van der Waals surface area contributed by atoms with E-state index in [1.165, 1.54) is 6.07 Å². The molecule has 0 amide bonds. The van der Waals surface area contributed by atoms with Gasteiger partial charge in [-0.2, -0.15) is 0 Å². The van der Waals surface area contributed by atoms with Crippen molar-refractivity contribution in [2.24, 2.45) is 5.73 Å². The van der Waals surface area contributed by atoms with Gasteiger partial charge >= 0.3 is 0 Å². The lowest BCUT2D eigenvalue weighted by Gasteiger charge is -2.38.